The van der Waals surface area contributed by atoms with Crippen LogP contribution in [0.2, 0.25) is 0 Å². The zero-order valence-electron chi connectivity index (χ0n) is 8.76. The Morgan fingerprint density at radius 1 is 1.69 bits per heavy atom. The van der Waals surface area contributed by atoms with Crippen molar-refractivity contribution in [3.8, 4) is 6.07 Å². The molecule has 0 spiro atoms. The molecular formula is C11H12N4O. The second-order valence-corrected chi connectivity index (χ2v) is 3.84. The first-order chi connectivity index (χ1) is 7.70. The van der Waals surface area contributed by atoms with Gasteiger partial charge in [0.2, 0.25) is 0 Å². The molecule has 0 aromatic carbocycles. The molecule has 0 saturated carbocycles. The van der Waals surface area contributed by atoms with Crippen LogP contribution in [-0.2, 0) is 0 Å². The SMILES string of the molecule is N#Cc1cc(C(=O)N2CCC(N)C2)ccn1. The van der Waals surface area contributed by atoms with E-state index in [0.717, 1.165) is 6.42 Å². The van der Waals surface area contributed by atoms with Crippen molar-refractivity contribution < 1.29 is 4.79 Å². The van der Waals surface area contributed by atoms with Crippen LogP contribution in [0.5, 0.6) is 0 Å². The Balaban J connectivity index is 2.18. The monoisotopic (exact) mass is 216 g/mol. The van der Waals surface area contributed by atoms with Crippen LogP contribution in [-0.4, -0.2) is 34.9 Å². The van der Waals surface area contributed by atoms with E-state index in [1.807, 2.05) is 6.07 Å². The van der Waals surface area contributed by atoms with E-state index in [0.29, 0.717) is 18.7 Å². The molecule has 0 bridgehead atoms. The predicted octanol–water partition coefficient (Wildman–Crippen LogP) is 0.126. The lowest BCUT2D eigenvalue weighted by Crippen LogP contribution is -2.31. The number of amides is 1. The largest absolute Gasteiger partial charge is 0.337 e. The van der Waals surface area contributed by atoms with Gasteiger partial charge >= 0.3 is 0 Å². The molecule has 1 amide bonds. The molecule has 1 fully saturated rings. The average molecular weight is 216 g/mol. The zero-order chi connectivity index (χ0) is 11.5. The molecule has 1 aromatic heterocycles. The lowest BCUT2D eigenvalue weighted by atomic mass is 10.2. The van der Waals surface area contributed by atoms with Crippen LogP contribution in [0.1, 0.15) is 22.5 Å². The van der Waals surface area contributed by atoms with Gasteiger partial charge in [-0.2, -0.15) is 5.26 Å². The van der Waals surface area contributed by atoms with Gasteiger partial charge in [-0.05, 0) is 18.6 Å². The van der Waals surface area contributed by atoms with E-state index >= 15 is 0 Å². The highest BCUT2D eigenvalue weighted by Crippen LogP contribution is 2.12. The number of aromatic nitrogens is 1. The van der Waals surface area contributed by atoms with Crippen molar-refractivity contribution in [1.82, 2.24) is 9.88 Å². The Morgan fingerprint density at radius 2 is 2.50 bits per heavy atom. The number of carbonyl (C=O) groups excluding carboxylic acids is 1. The smallest absolute Gasteiger partial charge is 0.254 e. The van der Waals surface area contributed by atoms with E-state index in [1.54, 1.807) is 11.0 Å². The minimum Gasteiger partial charge on any atom is -0.337 e. The van der Waals surface area contributed by atoms with Gasteiger partial charge in [-0.25, -0.2) is 4.98 Å². The molecule has 1 unspecified atom stereocenters. The van der Waals surface area contributed by atoms with Crippen molar-refractivity contribution >= 4 is 5.91 Å². The van der Waals surface area contributed by atoms with Gasteiger partial charge in [-0.1, -0.05) is 0 Å². The van der Waals surface area contributed by atoms with E-state index in [4.69, 9.17) is 11.0 Å². The summed E-state index contributed by atoms with van der Waals surface area (Å²) in [4.78, 5) is 17.5. The van der Waals surface area contributed by atoms with E-state index in [-0.39, 0.29) is 17.6 Å². The maximum atomic E-state index is 12.0. The zero-order valence-corrected chi connectivity index (χ0v) is 8.76. The molecule has 0 aliphatic carbocycles. The number of carbonyl (C=O) groups is 1. The van der Waals surface area contributed by atoms with Crippen molar-refractivity contribution in [2.45, 2.75) is 12.5 Å². The molecule has 5 heteroatoms. The summed E-state index contributed by atoms with van der Waals surface area (Å²) in [6.07, 6.45) is 2.31. The summed E-state index contributed by atoms with van der Waals surface area (Å²) in [5, 5.41) is 8.69. The Bertz CT molecular complexity index is 452. The van der Waals surface area contributed by atoms with Crippen molar-refractivity contribution in [2.75, 3.05) is 13.1 Å². The molecule has 82 valence electrons. The lowest BCUT2D eigenvalue weighted by molar-refractivity contribution is 0.0790. The molecule has 5 nitrogen and oxygen atoms in total. The van der Waals surface area contributed by atoms with Gasteiger partial charge in [0.1, 0.15) is 11.8 Å². The molecule has 1 aromatic rings. The number of nitrogens with two attached hydrogens (primary N) is 1. The van der Waals surface area contributed by atoms with Crippen LogP contribution in [0.3, 0.4) is 0 Å². The first kappa shape index (κ1) is 10.6. The van der Waals surface area contributed by atoms with E-state index in [1.165, 1.54) is 12.3 Å². The van der Waals surface area contributed by atoms with Crippen LogP contribution in [0, 0.1) is 11.3 Å². The Morgan fingerprint density at radius 3 is 3.12 bits per heavy atom. The summed E-state index contributed by atoms with van der Waals surface area (Å²) in [5.41, 5.74) is 6.50. The minimum absolute atomic E-state index is 0.0706. The molecule has 2 rings (SSSR count). The first-order valence-corrected chi connectivity index (χ1v) is 5.11. The molecular weight excluding hydrogens is 204 g/mol. The number of hydrogen-bond acceptors (Lipinski definition) is 4. The highest BCUT2D eigenvalue weighted by atomic mass is 16.2. The minimum atomic E-state index is -0.0770. The van der Waals surface area contributed by atoms with Crippen molar-refractivity contribution in [1.29, 1.82) is 5.26 Å². The van der Waals surface area contributed by atoms with Gasteiger partial charge in [-0.3, -0.25) is 4.79 Å². The number of hydrogen-bond donors (Lipinski definition) is 1. The third-order valence-corrected chi connectivity index (χ3v) is 2.63. The van der Waals surface area contributed by atoms with Crippen LogP contribution in [0.15, 0.2) is 18.3 Å². The molecule has 1 aliphatic heterocycles. The van der Waals surface area contributed by atoms with Gasteiger partial charge in [0, 0.05) is 30.9 Å². The second-order valence-electron chi connectivity index (χ2n) is 3.84. The Labute approximate surface area is 93.5 Å². The number of nitrogens with zero attached hydrogens (tertiary/aromatic N) is 3. The summed E-state index contributed by atoms with van der Waals surface area (Å²) < 4.78 is 0. The molecule has 2 heterocycles. The van der Waals surface area contributed by atoms with Gasteiger partial charge in [-0.15, -0.1) is 0 Å². The molecule has 16 heavy (non-hydrogen) atoms. The normalized spacial score (nSPS) is 19.5. The predicted molar refractivity (Wildman–Crippen MR) is 57.4 cm³/mol. The van der Waals surface area contributed by atoms with Crippen molar-refractivity contribution in [3.63, 3.8) is 0 Å². The quantitative estimate of drug-likeness (QED) is 0.723. The van der Waals surface area contributed by atoms with Gasteiger partial charge in [0.05, 0.1) is 0 Å². The van der Waals surface area contributed by atoms with Crippen LogP contribution in [0.25, 0.3) is 0 Å². The van der Waals surface area contributed by atoms with Gasteiger partial charge in [0.15, 0.2) is 0 Å². The van der Waals surface area contributed by atoms with Crippen LogP contribution >= 0.6 is 0 Å². The average Bonchev–Trinajstić information content (AvgIpc) is 2.75. The van der Waals surface area contributed by atoms with Crippen LogP contribution in [0.4, 0.5) is 0 Å². The first-order valence-electron chi connectivity index (χ1n) is 5.11. The number of likely N-dealkylation sites (tertiary alicyclic amines) is 1. The third-order valence-electron chi connectivity index (χ3n) is 2.63. The van der Waals surface area contributed by atoms with E-state index in [9.17, 15) is 4.79 Å². The highest BCUT2D eigenvalue weighted by molar-refractivity contribution is 5.94. The Hall–Kier alpha value is -1.93. The topological polar surface area (TPSA) is 83.0 Å². The Kier molecular flexibility index (Phi) is 2.84. The molecule has 2 N–H and O–H groups in total. The fourth-order valence-electron chi connectivity index (χ4n) is 1.78. The van der Waals surface area contributed by atoms with Gasteiger partial charge in [0.25, 0.3) is 5.91 Å². The van der Waals surface area contributed by atoms with Crippen molar-refractivity contribution in [3.05, 3.63) is 29.6 Å². The van der Waals surface area contributed by atoms with E-state index < -0.39 is 0 Å². The summed E-state index contributed by atoms with van der Waals surface area (Å²) in [7, 11) is 0. The molecule has 1 saturated heterocycles. The summed E-state index contributed by atoms with van der Waals surface area (Å²) in [6.45, 7) is 1.27. The second kappa shape index (κ2) is 4.29. The molecule has 1 atom stereocenters. The summed E-state index contributed by atoms with van der Waals surface area (Å²) >= 11 is 0. The number of nitriles is 1. The number of pyridine rings is 1. The standard InChI is InChI=1S/C11H12N4O/c12-6-10-5-8(1-3-14-10)11(16)15-4-2-9(13)7-15/h1,3,5,9H,2,4,7,13H2. The van der Waals surface area contributed by atoms with Crippen LogP contribution < -0.4 is 5.73 Å². The fraction of sp³-hybridized carbons (Fsp3) is 0.364. The summed E-state index contributed by atoms with van der Waals surface area (Å²) in [5.74, 6) is -0.0770. The number of rotatable bonds is 1. The maximum absolute atomic E-state index is 12.0. The fourth-order valence-corrected chi connectivity index (χ4v) is 1.78. The van der Waals surface area contributed by atoms with Crippen molar-refractivity contribution in [2.24, 2.45) is 5.73 Å². The summed E-state index contributed by atoms with van der Waals surface area (Å²) in [6, 6.07) is 5.11. The lowest BCUT2D eigenvalue weighted by Gasteiger charge is -2.15. The molecule has 1 aliphatic rings. The highest BCUT2D eigenvalue weighted by Gasteiger charge is 2.24. The third kappa shape index (κ3) is 2.02. The van der Waals surface area contributed by atoms with Gasteiger partial charge < -0.3 is 10.6 Å². The maximum Gasteiger partial charge on any atom is 0.254 e. The van der Waals surface area contributed by atoms with E-state index in [2.05, 4.69) is 4.98 Å². The molecule has 0 radical (unpaired) electrons.